The van der Waals surface area contributed by atoms with Gasteiger partial charge in [0.25, 0.3) is 0 Å². The molecule has 1 saturated carbocycles. The Morgan fingerprint density at radius 2 is 2.27 bits per heavy atom. The zero-order valence-corrected chi connectivity index (χ0v) is 7.30. The monoisotopic (exact) mass is 156 g/mol. The first kappa shape index (κ1) is 8.75. The number of ether oxygens (including phenoxy) is 2. The highest BCUT2D eigenvalue weighted by Gasteiger charge is 2.27. The summed E-state index contributed by atoms with van der Waals surface area (Å²) >= 11 is 0. The van der Waals surface area contributed by atoms with E-state index in [1.54, 1.807) is 0 Å². The van der Waals surface area contributed by atoms with Crippen molar-refractivity contribution in [3.05, 3.63) is 12.2 Å². The highest BCUT2D eigenvalue weighted by atomic mass is 16.7. The van der Waals surface area contributed by atoms with E-state index >= 15 is 0 Å². The predicted molar refractivity (Wildman–Crippen MR) is 44.3 cm³/mol. The molecule has 0 heterocycles. The molecule has 0 radical (unpaired) electrons. The maximum absolute atomic E-state index is 5.39. The van der Waals surface area contributed by atoms with E-state index in [1.807, 2.05) is 13.8 Å². The highest BCUT2D eigenvalue weighted by Crippen LogP contribution is 2.35. The van der Waals surface area contributed by atoms with Crippen LogP contribution >= 0.6 is 0 Å². The van der Waals surface area contributed by atoms with Gasteiger partial charge in [0.1, 0.15) is 0 Å². The Morgan fingerprint density at radius 3 is 2.73 bits per heavy atom. The summed E-state index contributed by atoms with van der Waals surface area (Å²) in [5.41, 5.74) is 1.31. The Bertz CT molecular complexity index is 142. The highest BCUT2D eigenvalue weighted by molar-refractivity contribution is 5.18. The van der Waals surface area contributed by atoms with E-state index in [4.69, 9.17) is 9.47 Å². The Balaban J connectivity index is 1.98. The minimum atomic E-state index is -0.0617. The second-order valence-corrected chi connectivity index (χ2v) is 2.92. The molecule has 2 heteroatoms. The summed E-state index contributed by atoms with van der Waals surface area (Å²) in [7, 11) is 0. The molecule has 0 spiro atoms. The van der Waals surface area contributed by atoms with Gasteiger partial charge in [0, 0.05) is 12.5 Å². The summed E-state index contributed by atoms with van der Waals surface area (Å²) in [4.78, 5) is 0. The van der Waals surface area contributed by atoms with Gasteiger partial charge in [-0.25, -0.2) is 0 Å². The lowest BCUT2D eigenvalue weighted by Gasteiger charge is -2.11. The molecule has 1 aliphatic rings. The normalized spacial score (nSPS) is 25.3. The van der Waals surface area contributed by atoms with E-state index in [9.17, 15) is 0 Å². The van der Waals surface area contributed by atoms with Gasteiger partial charge in [-0.05, 0) is 20.3 Å². The molecule has 64 valence electrons. The number of hydrogen-bond donors (Lipinski definition) is 0. The average molecular weight is 156 g/mol. The van der Waals surface area contributed by atoms with Gasteiger partial charge in [-0.15, -0.1) is 0 Å². The Morgan fingerprint density at radius 1 is 1.64 bits per heavy atom. The molecule has 0 N–H and O–H groups in total. The number of hydrogen-bond acceptors (Lipinski definition) is 2. The second-order valence-electron chi connectivity index (χ2n) is 2.92. The minimum Gasteiger partial charge on any atom is -0.353 e. The van der Waals surface area contributed by atoms with Crippen molar-refractivity contribution < 1.29 is 9.47 Å². The van der Waals surface area contributed by atoms with E-state index in [1.165, 1.54) is 5.57 Å². The molecule has 0 aromatic rings. The van der Waals surface area contributed by atoms with Crippen molar-refractivity contribution in [3.8, 4) is 0 Å². The van der Waals surface area contributed by atoms with E-state index < -0.39 is 0 Å². The third kappa shape index (κ3) is 3.04. The topological polar surface area (TPSA) is 18.5 Å². The smallest absolute Gasteiger partial charge is 0.154 e. The van der Waals surface area contributed by atoms with Crippen molar-refractivity contribution in [2.75, 3.05) is 13.2 Å². The molecular weight excluding hydrogens is 140 g/mol. The van der Waals surface area contributed by atoms with Crippen LogP contribution in [-0.4, -0.2) is 19.5 Å². The van der Waals surface area contributed by atoms with Gasteiger partial charge in [-0.2, -0.15) is 0 Å². The van der Waals surface area contributed by atoms with Crippen molar-refractivity contribution in [2.24, 2.45) is 5.92 Å². The summed E-state index contributed by atoms with van der Waals surface area (Å²) in [5.74, 6) is 0.609. The molecule has 0 unspecified atom stereocenters. The molecule has 1 rings (SSSR count). The van der Waals surface area contributed by atoms with Crippen molar-refractivity contribution in [2.45, 2.75) is 26.6 Å². The molecule has 0 amide bonds. The van der Waals surface area contributed by atoms with E-state index in [0.29, 0.717) is 12.5 Å². The zero-order chi connectivity index (χ0) is 8.27. The summed E-state index contributed by atoms with van der Waals surface area (Å²) in [6.07, 6.45) is 1.08. The van der Waals surface area contributed by atoms with Crippen LogP contribution in [0.2, 0.25) is 0 Å². The fourth-order valence-corrected chi connectivity index (χ4v) is 0.969. The molecule has 0 aromatic carbocycles. The molecule has 2 atom stereocenters. The summed E-state index contributed by atoms with van der Waals surface area (Å²) in [5, 5.41) is 0. The second kappa shape index (κ2) is 3.88. The third-order valence-corrected chi connectivity index (χ3v) is 1.86. The van der Waals surface area contributed by atoms with Crippen molar-refractivity contribution in [3.63, 3.8) is 0 Å². The first-order chi connectivity index (χ1) is 5.24. The van der Waals surface area contributed by atoms with E-state index in [-0.39, 0.29) is 6.29 Å². The molecule has 0 bridgehead atoms. The van der Waals surface area contributed by atoms with Crippen LogP contribution in [0.5, 0.6) is 0 Å². The van der Waals surface area contributed by atoms with Crippen LogP contribution in [0.1, 0.15) is 20.3 Å². The molecule has 1 fully saturated rings. The van der Waals surface area contributed by atoms with Gasteiger partial charge < -0.3 is 9.47 Å². The van der Waals surface area contributed by atoms with Gasteiger partial charge in [0.15, 0.2) is 6.29 Å². The fraction of sp³-hybridized carbons (Fsp3) is 0.778. The third-order valence-electron chi connectivity index (χ3n) is 1.86. The van der Waals surface area contributed by atoms with Gasteiger partial charge in [0.05, 0.1) is 6.61 Å². The standard InChI is InChI=1S/C9H16O2/c1-4-10-8(3)11-6-9-5-7(9)2/h8-9H,2,4-6H2,1,3H3/t8-,9-/m1/s1. The molecular formula is C9H16O2. The van der Waals surface area contributed by atoms with Gasteiger partial charge in [-0.3, -0.25) is 0 Å². The summed E-state index contributed by atoms with van der Waals surface area (Å²) < 4.78 is 10.6. The lowest BCUT2D eigenvalue weighted by molar-refractivity contribution is -0.129. The average Bonchev–Trinajstić information content (AvgIpc) is 2.63. The van der Waals surface area contributed by atoms with Crippen LogP contribution in [0.4, 0.5) is 0 Å². The van der Waals surface area contributed by atoms with Crippen molar-refractivity contribution >= 4 is 0 Å². The van der Waals surface area contributed by atoms with Crippen molar-refractivity contribution in [1.82, 2.24) is 0 Å². The maximum Gasteiger partial charge on any atom is 0.154 e. The number of rotatable bonds is 5. The van der Waals surface area contributed by atoms with Crippen LogP contribution in [0, 0.1) is 5.92 Å². The lowest BCUT2D eigenvalue weighted by atomic mass is 10.4. The summed E-state index contributed by atoms with van der Waals surface area (Å²) in [6, 6.07) is 0. The molecule has 1 aliphatic carbocycles. The quantitative estimate of drug-likeness (QED) is 0.447. The molecule has 0 aromatic heterocycles. The Kier molecular flexibility index (Phi) is 3.09. The van der Waals surface area contributed by atoms with Crippen LogP contribution in [0.25, 0.3) is 0 Å². The summed E-state index contributed by atoms with van der Waals surface area (Å²) in [6.45, 7) is 9.24. The first-order valence-electron chi connectivity index (χ1n) is 4.15. The van der Waals surface area contributed by atoms with Crippen LogP contribution in [-0.2, 0) is 9.47 Å². The molecule has 2 nitrogen and oxygen atoms in total. The lowest BCUT2D eigenvalue weighted by Crippen LogP contribution is -2.14. The predicted octanol–water partition coefficient (Wildman–Crippen LogP) is 1.96. The van der Waals surface area contributed by atoms with Crippen LogP contribution < -0.4 is 0 Å². The van der Waals surface area contributed by atoms with Crippen molar-refractivity contribution in [1.29, 1.82) is 0 Å². The van der Waals surface area contributed by atoms with Crippen LogP contribution in [0.3, 0.4) is 0 Å². The van der Waals surface area contributed by atoms with Gasteiger partial charge in [-0.1, -0.05) is 12.2 Å². The van der Waals surface area contributed by atoms with E-state index in [2.05, 4.69) is 6.58 Å². The molecule has 0 saturated heterocycles. The van der Waals surface area contributed by atoms with Gasteiger partial charge >= 0.3 is 0 Å². The molecule has 0 aliphatic heterocycles. The van der Waals surface area contributed by atoms with E-state index in [0.717, 1.165) is 13.0 Å². The SMILES string of the molecule is C=C1C[C@@H]1CO[C@H](C)OCC. The molecule has 11 heavy (non-hydrogen) atoms. The first-order valence-corrected chi connectivity index (χ1v) is 4.15. The van der Waals surface area contributed by atoms with Gasteiger partial charge in [0.2, 0.25) is 0 Å². The van der Waals surface area contributed by atoms with Crippen LogP contribution in [0.15, 0.2) is 12.2 Å². The fourth-order valence-electron chi connectivity index (χ4n) is 0.969. The zero-order valence-electron chi connectivity index (χ0n) is 7.30. The largest absolute Gasteiger partial charge is 0.353 e. The Labute approximate surface area is 68.2 Å². The minimum absolute atomic E-state index is 0.0617. The maximum atomic E-state index is 5.39. The Hall–Kier alpha value is -0.340.